The number of hydrogen-bond acceptors (Lipinski definition) is 2. The highest BCUT2D eigenvalue weighted by Gasteiger charge is 2.31. The molecular weight excluding hydrogens is 456 g/mol. The van der Waals surface area contributed by atoms with Crippen molar-refractivity contribution in [1.82, 2.24) is 10.2 Å². The van der Waals surface area contributed by atoms with Crippen molar-refractivity contribution in [3.8, 4) is 0 Å². The smallest absolute Gasteiger partial charge is 0.243 e. The van der Waals surface area contributed by atoms with Crippen molar-refractivity contribution in [3.63, 3.8) is 0 Å². The van der Waals surface area contributed by atoms with Crippen molar-refractivity contribution in [1.29, 1.82) is 0 Å². The lowest BCUT2D eigenvalue weighted by Crippen LogP contribution is -2.53. The van der Waals surface area contributed by atoms with Crippen molar-refractivity contribution in [2.24, 2.45) is 0 Å². The first-order valence-electron chi connectivity index (χ1n) is 12.5. The Morgan fingerprint density at radius 3 is 2.03 bits per heavy atom. The van der Waals surface area contributed by atoms with E-state index in [1.54, 1.807) is 4.90 Å². The second kappa shape index (κ2) is 12.6. The molecule has 0 saturated heterocycles. The molecule has 1 aliphatic rings. The maximum absolute atomic E-state index is 13.7. The maximum atomic E-state index is 13.7. The molecule has 0 unspecified atom stereocenters. The molecule has 2 amide bonds. The number of benzene rings is 3. The fraction of sp³-hybridized carbons (Fsp3) is 0.333. The normalized spacial score (nSPS) is 14.8. The van der Waals surface area contributed by atoms with Crippen LogP contribution in [0, 0.1) is 0 Å². The average Bonchev–Trinajstić information content (AvgIpc) is 2.89. The lowest BCUT2D eigenvalue weighted by Gasteiger charge is -2.33. The SMILES string of the molecule is O=C(NC1CCCCC1)[C@@H](Cc1ccccc1)N(Cc1ccc(Cl)cc1)C(=O)Cc1ccccc1. The van der Waals surface area contributed by atoms with E-state index in [1.165, 1.54) is 6.42 Å². The first-order valence-corrected chi connectivity index (χ1v) is 12.9. The molecule has 0 heterocycles. The number of carbonyl (C=O) groups is 2. The van der Waals surface area contributed by atoms with E-state index in [2.05, 4.69) is 5.32 Å². The van der Waals surface area contributed by atoms with E-state index in [9.17, 15) is 9.59 Å². The van der Waals surface area contributed by atoms with Gasteiger partial charge in [-0.05, 0) is 41.7 Å². The fourth-order valence-corrected chi connectivity index (χ4v) is 4.88. The zero-order valence-corrected chi connectivity index (χ0v) is 20.8. The molecule has 1 atom stereocenters. The highest BCUT2D eigenvalue weighted by atomic mass is 35.5. The van der Waals surface area contributed by atoms with Gasteiger partial charge in [0.05, 0.1) is 6.42 Å². The van der Waals surface area contributed by atoms with Crippen LogP contribution < -0.4 is 5.32 Å². The predicted molar refractivity (Wildman–Crippen MR) is 141 cm³/mol. The van der Waals surface area contributed by atoms with Crippen LogP contribution in [0.2, 0.25) is 5.02 Å². The summed E-state index contributed by atoms with van der Waals surface area (Å²) in [4.78, 5) is 29.2. The minimum Gasteiger partial charge on any atom is -0.352 e. The minimum atomic E-state index is -0.605. The second-order valence-corrected chi connectivity index (χ2v) is 9.80. The van der Waals surface area contributed by atoms with E-state index in [4.69, 9.17) is 11.6 Å². The molecule has 4 rings (SSSR count). The summed E-state index contributed by atoms with van der Waals surface area (Å²) in [7, 11) is 0. The van der Waals surface area contributed by atoms with Crippen LogP contribution in [0.25, 0.3) is 0 Å². The molecule has 35 heavy (non-hydrogen) atoms. The van der Waals surface area contributed by atoms with Gasteiger partial charge < -0.3 is 10.2 Å². The number of carbonyl (C=O) groups excluding carboxylic acids is 2. The van der Waals surface area contributed by atoms with Crippen LogP contribution in [0.1, 0.15) is 48.8 Å². The zero-order chi connectivity index (χ0) is 24.5. The van der Waals surface area contributed by atoms with Crippen LogP contribution in [0.4, 0.5) is 0 Å². The average molecular weight is 489 g/mol. The Balaban J connectivity index is 1.63. The standard InChI is InChI=1S/C30H33ClN2O2/c31-26-18-16-25(17-19-26)22-33(29(34)21-24-12-6-2-7-13-24)28(20-23-10-4-1-5-11-23)30(35)32-27-14-8-3-9-15-27/h1-2,4-7,10-13,16-19,27-28H,3,8-9,14-15,20-22H2,(H,32,35)/t28-/m1/s1. The first kappa shape index (κ1) is 25.0. The zero-order valence-electron chi connectivity index (χ0n) is 20.0. The molecule has 1 fully saturated rings. The highest BCUT2D eigenvalue weighted by Crippen LogP contribution is 2.21. The molecule has 182 valence electrons. The lowest BCUT2D eigenvalue weighted by atomic mass is 9.94. The first-order chi connectivity index (χ1) is 17.1. The molecule has 0 aliphatic heterocycles. The number of rotatable bonds is 9. The van der Waals surface area contributed by atoms with E-state index in [0.29, 0.717) is 18.0 Å². The summed E-state index contributed by atoms with van der Waals surface area (Å²) in [6, 6.07) is 26.7. The Morgan fingerprint density at radius 1 is 0.800 bits per heavy atom. The third-order valence-electron chi connectivity index (χ3n) is 6.69. The molecule has 0 aromatic heterocycles. The third kappa shape index (κ3) is 7.43. The van der Waals surface area contributed by atoms with Gasteiger partial charge in [0.2, 0.25) is 11.8 Å². The Labute approximate surface area is 213 Å². The van der Waals surface area contributed by atoms with Gasteiger partial charge in [0.1, 0.15) is 6.04 Å². The van der Waals surface area contributed by atoms with Gasteiger partial charge in [0.25, 0.3) is 0 Å². The summed E-state index contributed by atoms with van der Waals surface area (Å²) in [6.45, 7) is 0.346. The number of amides is 2. The third-order valence-corrected chi connectivity index (χ3v) is 6.94. The minimum absolute atomic E-state index is 0.0640. The van der Waals surface area contributed by atoms with Crippen molar-refractivity contribution in [2.45, 2.75) is 63.6 Å². The Hall–Kier alpha value is -3.11. The van der Waals surface area contributed by atoms with Crippen LogP contribution in [0.5, 0.6) is 0 Å². The van der Waals surface area contributed by atoms with Crippen molar-refractivity contribution in [2.75, 3.05) is 0 Å². The van der Waals surface area contributed by atoms with Crippen molar-refractivity contribution in [3.05, 3.63) is 107 Å². The van der Waals surface area contributed by atoms with E-state index >= 15 is 0 Å². The lowest BCUT2D eigenvalue weighted by molar-refractivity contribution is -0.141. The van der Waals surface area contributed by atoms with Crippen molar-refractivity contribution < 1.29 is 9.59 Å². The molecule has 5 heteroatoms. The van der Waals surface area contributed by atoms with Crippen molar-refractivity contribution >= 4 is 23.4 Å². The van der Waals surface area contributed by atoms with Crippen LogP contribution >= 0.6 is 11.6 Å². The number of nitrogens with zero attached hydrogens (tertiary/aromatic N) is 1. The molecule has 0 spiro atoms. The highest BCUT2D eigenvalue weighted by molar-refractivity contribution is 6.30. The number of halogens is 1. The van der Waals surface area contributed by atoms with Gasteiger partial charge in [0, 0.05) is 24.0 Å². The molecule has 0 radical (unpaired) electrons. The van der Waals surface area contributed by atoms with Gasteiger partial charge in [-0.15, -0.1) is 0 Å². The van der Waals surface area contributed by atoms with Gasteiger partial charge in [-0.3, -0.25) is 9.59 Å². The van der Waals surface area contributed by atoms with E-state index in [1.807, 2.05) is 84.9 Å². The van der Waals surface area contributed by atoms with Crippen LogP contribution in [0.3, 0.4) is 0 Å². The predicted octanol–water partition coefficient (Wildman–Crippen LogP) is 5.97. The topological polar surface area (TPSA) is 49.4 Å². The Morgan fingerprint density at radius 2 is 1.40 bits per heavy atom. The van der Waals surface area contributed by atoms with Crippen LogP contribution in [-0.4, -0.2) is 28.8 Å². The molecular formula is C30H33ClN2O2. The fourth-order valence-electron chi connectivity index (χ4n) is 4.76. The molecule has 3 aromatic rings. The monoisotopic (exact) mass is 488 g/mol. The number of nitrogens with one attached hydrogen (secondary N) is 1. The summed E-state index contributed by atoms with van der Waals surface area (Å²) >= 11 is 6.10. The van der Waals surface area contributed by atoms with Gasteiger partial charge in [-0.2, -0.15) is 0 Å². The Kier molecular flexibility index (Phi) is 8.96. The summed E-state index contributed by atoms with van der Waals surface area (Å²) in [5.74, 6) is -0.137. The summed E-state index contributed by atoms with van der Waals surface area (Å²) in [6.07, 6.45) is 6.20. The van der Waals surface area contributed by atoms with Gasteiger partial charge in [0.15, 0.2) is 0 Å². The van der Waals surface area contributed by atoms with E-state index < -0.39 is 6.04 Å². The molecule has 1 saturated carbocycles. The van der Waals surface area contributed by atoms with Gasteiger partial charge in [-0.25, -0.2) is 0 Å². The van der Waals surface area contributed by atoms with Gasteiger partial charge in [-0.1, -0.05) is 104 Å². The van der Waals surface area contributed by atoms with Crippen LogP contribution in [-0.2, 0) is 29.0 Å². The molecule has 0 bridgehead atoms. The number of hydrogen-bond donors (Lipinski definition) is 1. The van der Waals surface area contributed by atoms with Gasteiger partial charge >= 0.3 is 0 Å². The van der Waals surface area contributed by atoms with E-state index in [0.717, 1.165) is 42.4 Å². The Bertz CT molecular complexity index is 1080. The quantitative estimate of drug-likeness (QED) is 0.403. The molecule has 3 aromatic carbocycles. The molecule has 1 N–H and O–H groups in total. The van der Waals surface area contributed by atoms with Crippen LogP contribution in [0.15, 0.2) is 84.9 Å². The maximum Gasteiger partial charge on any atom is 0.243 e. The largest absolute Gasteiger partial charge is 0.352 e. The summed E-state index contributed by atoms with van der Waals surface area (Å²) in [5, 5.41) is 3.92. The summed E-state index contributed by atoms with van der Waals surface area (Å²) in [5.41, 5.74) is 2.91. The van der Waals surface area contributed by atoms with E-state index in [-0.39, 0.29) is 24.3 Å². The summed E-state index contributed by atoms with van der Waals surface area (Å²) < 4.78 is 0. The molecule has 1 aliphatic carbocycles. The molecule has 4 nitrogen and oxygen atoms in total. The second-order valence-electron chi connectivity index (χ2n) is 9.36.